The fourth-order valence-corrected chi connectivity index (χ4v) is 18.6. The second-order valence-corrected chi connectivity index (χ2v) is 36.1. The molecular formula is C95H62BrCl7N20O12S3. The van der Waals surface area contributed by atoms with Crippen LogP contribution in [0, 0.1) is 34.6 Å². The lowest BCUT2D eigenvalue weighted by atomic mass is 10.1. The molecule has 0 saturated carbocycles. The number of aryl methyl sites for hydroxylation is 5. The Hall–Kier alpha value is -14.9. The average Bonchev–Trinajstić information content (AvgIpc) is 1.61. The number of hydrogen-bond acceptors (Lipinski definition) is 25. The van der Waals surface area contributed by atoms with Gasteiger partial charge >= 0.3 is 29.8 Å². The zero-order chi connectivity index (χ0) is 97.4. The maximum Gasteiger partial charge on any atom is 0.358 e. The van der Waals surface area contributed by atoms with Crippen molar-refractivity contribution in [2.24, 2.45) is 0 Å². The number of carbonyl (C=O) groups is 5. The smallest absolute Gasteiger partial charge is 0.358 e. The van der Waals surface area contributed by atoms with Crippen molar-refractivity contribution < 1.29 is 58.3 Å². The summed E-state index contributed by atoms with van der Waals surface area (Å²) in [6.07, 6.45) is 0. The molecule has 0 amide bonds. The molecule has 0 unspecified atom stereocenters. The fraction of sp³-hybridized carbons (Fsp3) is 0.0526. The predicted molar refractivity (Wildman–Crippen MR) is 530 cm³/mol. The van der Waals surface area contributed by atoms with Crippen molar-refractivity contribution in [2.45, 2.75) is 34.6 Å². The van der Waals surface area contributed by atoms with Gasteiger partial charge in [-0.15, -0.1) is 51.0 Å². The molecule has 0 spiro atoms. The van der Waals surface area contributed by atoms with Crippen molar-refractivity contribution >= 4 is 161 Å². The lowest BCUT2D eigenvalue weighted by Crippen LogP contribution is -2.03. The van der Waals surface area contributed by atoms with Gasteiger partial charge in [-0.05, 0) is 154 Å². The second kappa shape index (κ2) is 42.1. The number of nitrogens with zero attached hydrogens (tertiary/aromatic N) is 20. The molecule has 0 fully saturated rings. The molecule has 0 aliphatic carbocycles. The van der Waals surface area contributed by atoms with Gasteiger partial charge in [-0.25, -0.2) is 47.4 Å². The monoisotopic (exact) mass is 2090 g/mol. The number of rotatable bonds is 20. The molecule has 20 rings (SSSR count). The summed E-state index contributed by atoms with van der Waals surface area (Å²) in [5, 5.41) is 115. The largest absolute Gasteiger partial charge is 0.476 e. The van der Waals surface area contributed by atoms with Crippen LogP contribution in [-0.4, -0.2) is 155 Å². The van der Waals surface area contributed by atoms with E-state index in [1.807, 2.05) is 162 Å². The lowest BCUT2D eigenvalue weighted by molar-refractivity contribution is 0.0678. The molecule has 688 valence electrons. The lowest BCUT2D eigenvalue weighted by Gasteiger charge is -2.07. The second-order valence-electron chi connectivity index (χ2n) is 29.6. The van der Waals surface area contributed by atoms with Crippen LogP contribution in [0.1, 0.15) is 80.3 Å². The number of hydrogen-bond donors (Lipinski definition) is 5. The summed E-state index contributed by atoms with van der Waals surface area (Å²) in [5.41, 5.74) is 13.2. The van der Waals surface area contributed by atoms with Crippen LogP contribution >= 0.6 is 131 Å². The Morgan fingerprint density at radius 3 is 0.935 bits per heavy atom. The Balaban J connectivity index is 0.000000125. The molecule has 0 aliphatic rings. The number of halogens is 8. The number of aromatic nitrogens is 20. The summed E-state index contributed by atoms with van der Waals surface area (Å²) in [5.74, 6) is -5.17. The summed E-state index contributed by atoms with van der Waals surface area (Å²) in [6.45, 7) is 9.92. The van der Waals surface area contributed by atoms with E-state index in [1.165, 1.54) is 69.6 Å². The van der Waals surface area contributed by atoms with Gasteiger partial charge in [-0.1, -0.05) is 283 Å². The highest BCUT2D eigenvalue weighted by Gasteiger charge is 2.33. The van der Waals surface area contributed by atoms with Gasteiger partial charge in [0.1, 0.15) is 47.8 Å². The molecule has 10 heterocycles. The molecule has 0 saturated heterocycles. The minimum atomic E-state index is -1.28. The Bertz CT molecular complexity index is 7430. The molecule has 0 radical (unpaired) electrons. The summed E-state index contributed by atoms with van der Waals surface area (Å²) in [6, 6.07) is 76.8. The third-order valence-electron chi connectivity index (χ3n) is 19.8. The van der Waals surface area contributed by atoms with Gasteiger partial charge in [-0.3, -0.25) is 0 Å². The highest BCUT2D eigenvalue weighted by molar-refractivity contribution is 9.10. The Morgan fingerprint density at radius 1 is 0.275 bits per heavy atom. The van der Waals surface area contributed by atoms with Crippen LogP contribution in [0.15, 0.2) is 268 Å². The van der Waals surface area contributed by atoms with Gasteiger partial charge in [-0.2, -0.15) is 25.5 Å². The number of benzene rings is 10. The summed E-state index contributed by atoms with van der Waals surface area (Å²) in [4.78, 5) is 57.6. The van der Waals surface area contributed by atoms with E-state index in [9.17, 15) is 49.5 Å². The Kier molecular flexibility index (Phi) is 29.4. The van der Waals surface area contributed by atoms with Gasteiger partial charge in [0.25, 0.3) is 11.8 Å². The third-order valence-corrected chi connectivity index (χ3v) is 25.9. The highest BCUT2D eigenvalue weighted by atomic mass is 79.9. The maximum atomic E-state index is 11.6. The molecule has 10 aromatic heterocycles. The van der Waals surface area contributed by atoms with Crippen LogP contribution in [0.25, 0.3) is 138 Å². The molecule has 0 bridgehead atoms. The molecule has 0 aliphatic heterocycles. The zero-order valence-electron chi connectivity index (χ0n) is 71.5. The van der Waals surface area contributed by atoms with E-state index in [0.717, 1.165) is 65.6 Å². The minimum Gasteiger partial charge on any atom is -0.476 e. The summed E-state index contributed by atoms with van der Waals surface area (Å²) < 4.78 is 18.9. The molecule has 0 atom stereocenters. The van der Waals surface area contributed by atoms with Crippen molar-refractivity contribution in [3.05, 3.63) is 351 Å². The minimum absolute atomic E-state index is 0.0145. The Labute approximate surface area is 836 Å². The van der Waals surface area contributed by atoms with Crippen molar-refractivity contribution in [2.75, 3.05) is 0 Å². The van der Waals surface area contributed by atoms with Crippen molar-refractivity contribution in [1.29, 1.82) is 0 Å². The van der Waals surface area contributed by atoms with Gasteiger partial charge in [0, 0.05) is 39.9 Å². The quantitative estimate of drug-likeness (QED) is 0.0473. The van der Waals surface area contributed by atoms with Crippen molar-refractivity contribution in [3.8, 4) is 138 Å². The SMILES string of the molecule is Cc1cccc(-c2nnc(-c3c(Br)c(C(=O)O)nn3-c3ccccc3Cl)s2)c1.Cc1cccc(-c2nnc(-c3c(Cl)c(C(=O)O)nn3-c3ccccc3Cl)o2)c1.Cc1cccc(-c2nnc(-c3c(Cl)c(C(=O)O)nn3-c3ccccc3Cl)s2)c1.Cc1cccc(-c2nnc(-c3cc(C(=O)O)nn3-c3ccccc3Cl)o2)c1.Cc1cccc(-c2nnc(-c3cc(C(=O)O)nn3-c3ccccc3Cl)s2)c1. The van der Waals surface area contributed by atoms with Crippen LogP contribution in [0.4, 0.5) is 0 Å². The summed E-state index contributed by atoms with van der Waals surface area (Å²) in [7, 11) is 0. The molecular weight excluding hydrogens is 2040 g/mol. The molecule has 32 nitrogen and oxygen atoms in total. The van der Waals surface area contributed by atoms with Gasteiger partial charge in [0.15, 0.2) is 49.2 Å². The van der Waals surface area contributed by atoms with Crippen LogP contribution < -0.4 is 0 Å². The van der Waals surface area contributed by atoms with E-state index in [1.54, 1.807) is 115 Å². The van der Waals surface area contributed by atoms with Crippen LogP contribution in [-0.2, 0) is 0 Å². The Morgan fingerprint density at radius 2 is 0.558 bits per heavy atom. The van der Waals surface area contributed by atoms with E-state index in [0.29, 0.717) is 107 Å². The molecule has 43 heteroatoms. The molecule has 20 aromatic rings. The molecule has 138 heavy (non-hydrogen) atoms. The average molecular weight is 2100 g/mol. The number of aromatic carboxylic acids is 5. The van der Waals surface area contributed by atoms with E-state index >= 15 is 0 Å². The zero-order valence-corrected chi connectivity index (χ0v) is 80.9. The van der Waals surface area contributed by atoms with Crippen LogP contribution in [0.3, 0.4) is 0 Å². The fourth-order valence-electron chi connectivity index (χ4n) is 13.5. The van der Waals surface area contributed by atoms with E-state index in [2.05, 4.69) is 92.4 Å². The third kappa shape index (κ3) is 21.2. The van der Waals surface area contributed by atoms with Gasteiger partial charge in [0.2, 0.25) is 11.8 Å². The standard InChI is InChI=1S/C19H12BrClN4O2S.C19H12Cl2N4O3.C19H12Cl2N4O2S.C19H13ClN4O3.C19H13ClN4O2S/c1-10-5-4-6-11(9-10)17-22-23-18(28-17)16-14(20)15(19(26)27)24-25(16)13-8-3-2-7-12(13)21;2*1-10-5-4-6-11(9-10)17-22-23-18(28-17)16-14(21)15(19(26)27)24-25(16)13-8-3-2-7-12(13)20;2*1-11-5-4-6-12(9-11)17-21-22-18(27-17)16-10-14(19(25)26)23-24(16)15-8-3-2-7-13(15)20/h3*2-9H,1H3,(H,26,27);2*2-10H,1H3,(H,25,26). The predicted octanol–water partition coefficient (Wildman–Crippen LogP) is 24.7. The van der Waals surface area contributed by atoms with E-state index in [4.69, 9.17) is 90.0 Å². The van der Waals surface area contributed by atoms with Crippen molar-refractivity contribution in [3.63, 3.8) is 0 Å². The molecule has 5 N–H and O–H groups in total. The summed E-state index contributed by atoms with van der Waals surface area (Å²) >= 11 is 51.5. The van der Waals surface area contributed by atoms with Crippen molar-refractivity contribution in [1.82, 2.24) is 99.9 Å². The van der Waals surface area contributed by atoms with Gasteiger partial charge in [0.05, 0.1) is 58.0 Å². The molecule has 10 aromatic carbocycles. The van der Waals surface area contributed by atoms with E-state index < -0.39 is 29.8 Å². The topological polar surface area (TPSA) is 431 Å². The first-order valence-corrected chi connectivity index (χ1v) is 46.3. The number of para-hydroxylation sites is 5. The first kappa shape index (κ1) is 96.2. The van der Waals surface area contributed by atoms with Crippen LogP contribution in [0.2, 0.25) is 35.2 Å². The first-order chi connectivity index (χ1) is 66.4. The first-order valence-electron chi connectivity index (χ1n) is 40.4. The van der Waals surface area contributed by atoms with E-state index in [-0.39, 0.29) is 61.9 Å². The highest BCUT2D eigenvalue weighted by Crippen LogP contribution is 2.44. The normalized spacial score (nSPS) is 10.9. The maximum absolute atomic E-state index is 11.6. The number of carboxylic acids is 5. The van der Waals surface area contributed by atoms with Gasteiger partial charge < -0.3 is 34.4 Å². The number of carboxylic acid groups (broad SMARTS) is 5. The van der Waals surface area contributed by atoms with Crippen LogP contribution in [0.5, 0.6) is 0 Å².